The van der Waals surface area contributed by atoms with Crippen LogP contribution in [-0.4, -0.2) is 27.7 Å². The monoisotopic (exact) mass is 437 g/mol. The number of rotatable bonds is 7. The molecule has 1 heterocycles. The van der Waals surface area contributed by atoms with Gasteiger partial charge in [0.25, 0.3) is 10.0 Å². The first-order chi connectivity index (χ1) is 14.8. The first-order valence-corrected chi connectivity index (χ1v) is 11.8. The van der Waals surface area contributed by atoms with E-state index in [1.807, 2.05) is 63.2 Å². The van der Waals surface area contributed by atoms with Crippen molar-refractivity contribution >= 4 is 21.4 Å². The van der Waals surface area contributed by atoms with Gasteiger partial charge in [-0.25, -0.2) is 12.7 Å². The zero-order valence-corrected chi connectivity index (χ0v) is 18.8. The predicted octanol–water partition coefficient (Wildman–Crippen LogP) is 5.29. The van der Waals surface area contributed by atoms with Gasteiger partial charge < -0.3 is 9.47 Å². The Morgan fingerprint density at radius 2 is 1.48 bits per heavy atom. The number of nitrogens with zero attached hydrogens (tertiary/aromatic N) is 1. The standard InChI is InChI=1S/C25H27NO4S/c1-25(2,3)23-16-21(29-17-22-18-30-22)14-15-24(23)31(27,28)26(19-10-6-4-7-11-19)20-12-8-5-9-13-20/h4-16,22H,17-18H2,1-3H3. The molecule has 1 fully saturated rings. The Kier molecular flexibility index (Phi) is 5.77. The van der Waals surface area contributed by atoms with Crippen LogP contribution in [0, 0.1) is 0 Å². The maximum absolute atomic E-state index is 14.1. The first-order valence-electron chi connectivity index (χ1n) is 10.3. The molecule has 0 N–H and O–H groups in total. The second-order valence-corrected chi connectivity index (χ2v) is 10.4. The van der Waals surface area contributed by atoms with Gasteiger partial charge in [-0.3, -0.25) is 0 Å². The molecule has 0 spiro atoms. The van der Waals surface area contributed by atoms with E-state index in [4.69, 9.17) is 9.47 Å². The topological polar surface area (TPSA) is 59.1 Å². The number of hydrogen-bond donors (Lipinski definition) is 0. The van der Waals surface area contributed by atoms with Gasteiger partial charge >= 0.3 is 0 Å². The van der Waals surface area contributed by atoms with Crippen LogP contribution in [0.1, 0.15) is 26.3 Å². The molecule has 6 heteroatoms. The molecule has 1 saturated heterocycles. The Balaban J connectivity index is 1.83. The van der Waals surface area contributed by atoms with Gasteiger partial charge in [-0.2, -0.15) is 0 Å². The van der Waals surface area contributed by atoms with Crippen LogP contribution >= 0.6 is 0 Å². The van der Waals surface area contributed by atoms with Crippen molar-refractivity contribution in [1.29, 1.82) is 0 Å². The molecular formula is C25H27NO4S. The smallest absolute Gasteiger partial charge is 0.268 e. The van der Waals surface area contributed by atoms with E-state index in [-0.39, 0.29) is 11.0 Å². The number of anilines is 2. The van der Waals surface area contributed by atoms with Crippen molar-refractivity contribution in [2.75, 3.05) is 17.5 Å². The van der Waals surface area contributed by atoms with Crippen LogP contribution < -0.4 is 9.04 Å². The molecule has 0 saturated carbocycles. The SMILES string of the molecule is CC(C)(C)c1cc(OCC2CO2)ccc1S(=O)(=O)N(c1ccccc1)c1ccccc1. The fourth-order valence-electron chi connectivity index (χ4n) is 3.42. The summed E-state index contributed by atoms with van der Waals surface area (Å²) in [6.07, 6.45) is 0.133. The van der Waals surface area contributed by atoms with Crippen molar-refractivity contribution in [3.63, 3.8) is 0 Å². The lowest BCUT2D eigenvalue weighted by atomic mass is 9.87. The van der Waals surface area contributed by atoms with Crippen LogP contribution in [0.3, 0.4) is 0 Å². The van der Waals surface area contributed by atoms with Crippen molar-refractivity contribution in [3.8, 4) is 5.75 Å². The molecule has 4 rings (SSSR count). The summed E-state index contributed by atoms with van der Waals surface area (Å²) in [6, 6.07) is 23.5. The Hall–Kier alpha value is -2.83. The lowest BCUT2D eigenvalue weighted by molar-refractivity contribution is 0.262. The average molecular weight is 438 g/mol. The highest BCUT2D eigenvalue weighted by atomic mass is 32.2. The lowest BCUT2D eigenvalue weighted by Gasteiger charge is -2.29. The minimum absolute atomic E-state index is 0.133. The third-order valence-electron chi connectivity index (χ3n) is 5.10. The third kappa shape index (κ3) is 4.75. The molecule has 3 aromatic carbocycles. The van der Waals surface area contributed by atoms with Crippen LogP contribution in [-0.2, 0) is 20.2 Å². The Bertz CT molecular complexity index is 1100. The summed E-state index contributed by atoms with van der Waals surface area (Å²) in [6.45, 7) is 7.19. The second kappa shape index (κ2) is 8.36. The molecule has 1 aliphatic heterocycles. The van der Waals surface area contributed by atoms with E-state index in [9.17, 15) is 8.42 Å². The molecule has 162 valence electrons. The van der Waals surface area contributed by atoms with E-state index >= 15 is 0 Å². The van der Waals surface area contributed by atoms with E-state index in [0.717, 1.165) is 0 Å². The molecule has 1 atom stereocenters. The molecule has 3 aromatic rings. The summed E-state index contributed by atoms with van der Waals surface area (Å²) in [5.41, 5.74) is 1.47. The van der Waals surface area contributed by atoms with Crippen molar-refractivity contribution in [2.45, 2.75) is 37.2 Å². The van der Waals surface area contributed by atoms with Crippen LogP contribution in [0.4, 0.5) is 11.4 Å². The first kappa shape index (κ1) is 21.4. The quantitative estimate of drug-likeness (QED) is 0.471. The van der Waals surface area contributed by atoms with Gasteiger partial charge in [-0.15, -0.1) is 0 Å². The lowest BCUT2D eigenvalue weighted by Crippen LogP contribution is -2.29. The number of epoxide rings is 1. The van der Waals surface area contributed by atoms with Gasteiger partial charge in [0.05, 0.1) is 22.9 Å². The fourth-order valence-corrected chi connectivity index (χ4v) is 5.29. The molecule has 0 aliphatic carbocycles. The molecule has 0 radical (unpaired) electrons. The van der Waals surface area contributed by atoms with Gasteiger partial charge in [0, 0.05) is 0 Å². The molecular weight excluding hydrogens is 410 g/mol. The van der Waals surface area contributed by atoms with Crippen molar-refractivity contribution in [1.82, 2.24) is 0 Å². The summed E-state index contributed by atoms with van der Waals surface area (Å²) in [5.74, 6) is 0.644. The normalized spacial score (nSPS) is 16.0. The molecule has 31 heavy (non-hydrogen) atoms. The number of sulfonamides is 1. The number of para-hydroxylation sites is 2. The largest absolute Gasteiger partial charge is 0.491 e. The van der Waals surface area contributed by atoms with E-state index in [1.54, 1.807) is 36.4 Å². The highest BCUT2D eigenvalue weighted by Gasteiger charge is 2.33. The maximum Gasteiger partial charge on any atom is 0.268 e. The van der Waals surface area contributed by atoms with E-state index < -0.39 is 15.4 Å². The molecule has 5 nitrogen and oxygen atoms in total. The molecule has 1 unspecified atom stereocenters. The number of hydrogen-bond acceptors (Lipinski definition) is 4. The van der Waals surface area contributed by atoms with Crippen LogP contribution in [0.25, 0.3) is 0 Å². The van der Waals surface area contributed by atoms with Crippen LogP contribution in [0.2, 0.25) is 0 Å². The predicted molar refractivity (Wildman–Crippen MR) is 123 cm³/mol. The van der Waals surface area contributed by atoms with E-state index in [0.29, 0.717) is 35.9 Å². The highest BCUT2D eigenvalue weighted by Crippen LogP contribution is 2.38. The third-order valence-corrected chi connectivity index (χ3v) is 6.91. The average Bonchev–Trinajstić information content (AvgIpc) is 3.57. The minimum atomic E-state index is -3.90. The second-order valence-electron chi connectivity index (χ2n) is 8.61. The molecule has 0 bridgehead atoms. The zero-order valence-electron chi connectivity index (χ0n) is 18.0. The van der Waals surface area contributed by atoms with Crippen molar-refractivity contribution in [3.05, 3.63) is 84.4 Å². The van der Waals surface area contributed by atoms with Gasteiger partial charge in [0.1, 0.15) is 18.5 Å². The van der Waals surface area contributed by atoms with Crippen LogP contribution in [0.5, 0.6) is 5.75 Å². The zero-order chi connectivity index (χ0) is 22.1. The molecule has 0 aromatic heterocycles. The highest BCUT2D eigenvalue weighted by molar-refractivity contribution is 7.93. The summed E-state index contributed by atoms with van der Waals surface area (Å²) in [4.78, 5) is 0.266. The van der Waals surface area contributed by atoms with Gasteiger partial charge in [-0.1, -0.05) is 57.2 Å². The number of benzene rings is 3. The van der Waals surface area contributed by atoms with E-state index in [1.165, 1.54) is 4.31 Å². The van der Waals surface area contributed by atoms with Crippen molar-refractivity contribution < 1.29 is 17.9 Å². The number of ether oxygens (including phenoxy) is 2. The van der Waals surface area contributed by atoms with Gasteiger partial charge in [0.2, 0.25) is 0 Å². The minimum Gasteiger partial charge on any atom is -0.491 e. The van der Waals surface area contributed by atoms with Crippen molar-refractivity contribution in [2.24, 2.45) is 0 Å². The Morgan fingerprint density at radius 1 is 0.935 bits per heavy atom. The van der Waals surface area contributed by atoms with Gasteiger partial charge in [0.15, 0.2) is 0 Å². The molecule has 0 amide bonds. The summed E-state index contributed by atoms with van der Waals surface area (Å²) in [7, 11) is -3.90. The van der Waals surface area contributed by atoms with Gasteiger partial charge in [-0.05, 0) is 53.4 Å². The van der Waals surface area contributed by atoms with E-state index in [2.05, 4.69) is 0 Å². The Labute approximate surface area is 184 Å². The molecule has 1 aliphatic rings. The van der Waals surface area contributed by atoms with Crippen LogP contribution in [0.15, 0.2) is 83.8 Å². The fraction of sp³-hybridized carbons (Fsp3) is 0.280. The summed E-state index contributed by atoms with van der Waals surface area (Å²) < 4.78 is 40.5. The summed E-state index contributed by atoms with van der Waals surface area (Å²) >= 11 is 0. The summed E-state index contributed by atoms with van der Waals surface area (Å²) in [5, 5.41) is 0. The maximum atomic E-state index is 14.1. The Morgan fingerprint density at radius 3 is 1.97 bits per heavy atom.